The summed E-state index contributed by atoms with van der Waals surface area (Å²) in [4.78, 5) is 18.9. The van der Waals surface area contributed by atoms with Crippen LogP contribution in [0, 0.1) is 0 Å². The van der Waals surface area contributed by atoms with Gasteiger partial charge >= 0.3 is 5.97 Å². The Hall–Kier alpha value is -1.05. The first kappa shape index (κ1) is 13.0. The molecule has 0 bridgehead atoms. The van der Waals surface area contributed by atoms with Crippen molar-refractivity contribution in [1.29, 1.82) is 0 Å². The minimum Gasteiger partial charge on any atom is -0.465 e. The molecule has 1 rings (SSSR count). The molecule has 1 heterocycles. The van der Waals surface area contributed by atoms with Crippen molar-refractivity contribution in [2.75, 3.05) is 17.8 Å². The zero-order valence-corrected chi connectivity index (χ0v) is 10.1. The largest absolute Gasteiger partial charge is 0.465 e. The summed E-state index contributed by atoms with van der Waals surface area (Å²) in [5.41, 5.74) is 2.30. The highest BCUT2D eigenvalue weighted by atomic mass is 35.5. The first-order valence-corrected chi connectivity index (χ1v) is 5.81. The zero-order chi connectivity index (χ0) is 12.0. The van der Waals surface area contributed by atoms with E-state index in [1.165, 1.54) is 18.0 Å². The number of nitrogens with two attached hydrogens (primary N) is 1. The highest BCUT2D eigenvalue weighted by molar-refractivity contribution is 8.00. The molecule has 0 saturated carbocycles. The summed E-state index contributed by atoms with van der Waals surface area (Å²) in [6, 6.07) is 0. The van der Waals surface area contributed by atoms with Gasteiger partial charge < -0.3 is 4.74 Å². The highest BCUT2D eigenvalue weighted by Crippen LogP contribution is 2.24. The fourth-order valence-corrected chi connectivity index (χ4v) is 1.79. The number of carbonyl (C=O) groups excluding carboxylic acids is 1. The van der Waals surface area contributed by atoms with E-state index in [9.17, 15) is 4.79 Å². The van der Waals surface area contributed by atoms with Crippen LogP contribution in [0.4, 0.5) is 5.95 Å². The van der Waals surface area contributed by atoms with Crippen LogP contribution < -0.4 is 11.3 Å². The number of anilines is 1. The number of hydrogen-bond acceptors (Lipinski definition) is 7. The molecule has 1 aromatic rings. The molecule has 0 spiro atoms. The van der Waals surface area contributed by atoms with Crippen LogP contribution in [0.3, 0.4) is 0 Å². The molecular formula is C8H11ClN4O2S. The highest BCUT2D eigenvalue weighted by Gasteiger charge is 2.09. The van der Waals surface area contributed by atoms with Crippen LogP contribution in [0.1, 0.15) is 6.92 Å². The zero-order valence-electron chi connectivity index (χ0n) is 8.57. The maximum atomic E-state index is 11.1. The first-order chi connectivity index (χ1) is 7.67. The van der Waals surface area contributed by atoms with Crippen LogP contribution in [0.25, 0.3) is 0 Å². The van der Waals surface area contributed by atoms with Gasteiger partial charge in [0.1, 0.15) is 5.03 Å². The summed E-state index contributed by atoms with van der Waals surface area (Å²) in [6.45, 7) is 2.10. The number of rotatable bonds is 5. The van der Waals surface area contributed by atoms with E-state index in [1.807, 2.05) is 0 Å². The maximum Gasteiger partial charge on any atom is 0.316 e. The normalized spacial score (nSPS) is 9.94. The molecule has 8 heteroatoms. The number of nitrogen functional groups attached to an aromatic ring is 1. The Morgan fingerprint density at radius 1 is 1.75 bits per heavy atom. The van der Waals surface area contributed by atoms with Crippen LogP contribution >= 0.6 is 23.4 Å². The lowest BCUT2D eigenvalue weighted by molar-refractivity contribution is -0.139. The maximum absolute atomic E-state index is 11.1. The van der Waals surface area contributed by atoms with Crippen molar-refractivity contribution < 1.29 is 9.53 Å². The van der Waals surface area contributed by atoms with Crippen molar-refractivity contribution in [3.63, 3.8) is 0 Å². The molecule has 0 aliphatic carbocycles. The number of hydrazine groups is 1. The molecule has 3 N–H and O–H groups in total. The number of esters is 1. The number of ether oxygens (including phenoxy) is 1. The standard InChI is InChI=1S/C8H11ClN4O2S/c1-2-15-6(14)4-16-7-5(9)3-11-8(12-7)13-10/h3H,2,4,10H2,1H3,(H,11,12,13). The third kappa shape index (κ3) is 3.84. The van der Waals surface area contributed by atoms with E-state index >= 15 is 0 Å². The topological polar surface area (TPSA) is 90.1 Å². The number of thioether (sulfide) groups is 1. The van der Waals surface area contributed by atoms with Gasteiger partial charge in [0.2, 0.25) is 5.95 Å². The summed E-state index contributed by atoms with van der Waals surface area (Å²) in [5, 5.41) is 0.853. The number of carbonyl (C=O) groups is 1. The Balaban J connectivity index is 2.62. The van der Waals surface area contributed by atoms with Gasteiger partial charge in [0, 0.05) is 0 Å². The van der Waals surface area contributed by atoms with Crippen LogP contribution in [0.15, 0.2) is 11.2 Å². The molecule has 1 aromatic heterocycles. The third-order valence-corrected chi connectivity index (χ3v) is 2.83. The van der Waals surface area contributed by atoms with Crippen molar-refractivity contribution in [3.8, 4) is 0 Å². The summed E-state index contributed by atoms with van der Waals surface area (Å²) >= 11 is 7.02. The summed E-state index contributed by atoms with van der Waals surface area (Å²) in [5.74, 6) is 5.23. The van der Waals surface area contributed by atoms with Crippen LogP contribution in [-0.2, 0) is 9.53 Å². The molecule has 16 heavy (non-hydrogen) atoms. The lowest BCUT2D eigenvalue weighted by atomic mass is 10.7. The molecule has 0 aliphatic rings. The number of hydrogen-bond donors (Lipinski definition) is 2. The van der Waals surface area contributed by atoms with Gasteiger partial charge in [-0.3, -0.25) is 10.2 Å². The first-order valence-electron chi connectivity index (χ1n) is 4.45. The Morgan fingerprint density at radius 3 is 3.12 bits per heavy atom. The Kier molecular flexibility index (Phi) is 5.30. The van der Waals surface area contributed by atoms with Gasteiger partial charge in [-0.2, -0.15) is 0 Å². The van der Waals surface area contributed by atoms with Gasteiger partial charge in [0.05, 0.1) is 23.6 Å². The second-order valence-electron chi connectivity index (χ2n) is 2.58. The number of nitrogens with one attached hydrogen (secondary N) is 1. The average molecular weight is 263 g/mol. The van der Waals surface area contributed by atoms with E-state index in [4.69, 9.17) is 22.2 Å². The second kappa shape index (κ2) is 6.51. The molecule has 0 radical (unpaired) electrons. The van der Waals surface area contributed by atoms with Crippen LogP contribution in [0.2, 0.25) is 5.02 Å². The van der Waals surface area contributed by atoms with E-state index < -0.39 is 0 Å². The van der Waals surface area contributed by atoms with Crippen molar-refractivity contribution >= 4 is 35.3 Å². The van der Waals surface area contributed by atoms with Gasteiger partial charge in [0.25, 0.3) is 0 Å². The fourth-order valence-electron chi connectivity index (χ4n) is 0.852. The van der Waals surface area contributed by atoms with Crippen molar-refractivity contribution in [3.05, 3.63) is 11.2 Å². The van der Waals surface area contributed by atoms with E-state index in [0.29, 0.717) is 16.7 Å². The monoisotopic (exact) mass is 262 g/mol. The van der Waals surface area contributed by atoms with Crippen LogP contribution in [-0.4, -0.2) is 28.3 Å². The second-order valence-corrected chi connectivity index (χ2v) is 3.96. The van der Waals surface area contributed by atoms with Crippen molar-refractivity contribution in [2.24, 2.45) is 5.84 Å². The molecular weight excluding hydrogens is 252 g/mol. The van der Waals surface area contributed by atoms with E-state index in [2.05, 4.69) is 15.4 Å². The van der Waals surface area contributed by atoms with E-state index in [0.717, 1.165) is 0 Å². The predicted octanol–water partition coefficient (Wildman–Crippen LogP) is 1.07. The third-order valence-electron chi connectivity index (χ3n) is 1.47. The molecule has 0 aliphatic heterocycles. The van der Waals surface area contributed by atoms with Gasteiger partial charge in [-0.1, -0.05) is 23.4 Å². The lowest BCUT2D eigenvalue weighted by Gasteiger charge is -2.04. The molecule has 0 saturated heterocycles. The van der Waals surface area contributed by atoms with Gasteiger partial charge in [-0.05, 0) is 6.92 Å². The minimum absolute atomic E-state index is 0.147. The molecule has 0 fully saturated rings. The summed E-state index contributed by atoms with van der Waals surface area (Å²) in [6.07, 6.45) is 1.41. The molecule has 0 atom stereocenters. The Bertz CT molecular complexity index is 377. The number of halogens is 1. The smallest absolute Gasteiger partial charge is 0.316 e. The van der Waals surface area contributed by atoms with Crippen molar-refractivity contribution in [1.82, 2.24) is 9.97 Å². The summed E-state index contributed by atoms with van der Waals surface area (Å²) in [7, 11) is 0. The van der Waals surface area contributed by atoms with Gasteiger partial charge in [-0.15, -0.1) is 0 Å². The lowest BCUT2D eigenvalue weighted by Crippen LogP contribution is -2.11. The number of aromatic nitrogens is 2. The SMILES string of the molecule is CCOC(=O)CSc1nc(NN)ncc1Cl. The number of nitrogens with zero attached hydrogens (tertiary/aromatic N) is 2. The molecule has 0 aromatic carbocycles. The molecule has 88 valence electrons. The Morgan fingerprint density at radius 2 is 2.50 bits per heavy atom. The molecule has 0 unspecified atom stereocenters. The van der Waals surface area contributed by atoms with Crippen LogP contribution in [0.5, 0.6) is 0 Å². The van der Waals surface area contributed by atoms with E-state index in [1.54, 1.807) is 6.92 Å². The minimum atomic E-state index is -0.315. The average Bonchev–Trinajstić information content (AvgIpc) is 2.28. The fraction of sp³-hybridized carbons (Fsp3) is 0.375. The molecule has 0 amide bonds. The van der Waals surface area contributed by atoms with Gasteiger partial charge in [0.15, 0.2) is 0 Å². The summed E-state index contributed by atoms with van der Waals surface area (Å²) < 4.78 is 4.77. The van der Waals surface area contributed by atoms with Gasteiger partial charge in [-0.25, -0.2) is 15.8 Å². The Labute approximate surface area is 102 Å². The van der Waals surface area contributed by atoms with Crippen molar-refractivity contribution in [2.45, 2.75) is 11.9 Å². The quantitative estimate of drug-likeness (QED) is 0.270. The van der Waals surface area contributed by atoms with E-state index in [-0.39, 0.29) is 17.7 Å². The molecule has 6 nitrogen and oxygen atoms in total. The predicted molar refractivity (Wildman–Crippen MR) is 62.2 cm³/mol.